The average molecular weight is 316 g/mol. The van der Waals surface area contributed by atoms with Crippen molar-refractivity contribution in [2.45, 2.75) is 32.4 Å². The van der Waals surface area contributed by atoms with E-state index in [1.54, 1.807) is 4.90 Å². The molecule has 5 nitrogen and oxygen atoms in total. The van der Waals surface area contributed by atoms with Gasteiger partial charge in [0, 0.05) is 25.2 Å². The first-order chi connectivity index (χ1) is 9.76. The van der Waals surface area contributed by atoms with E-state index in [0.717, 1.165) is 6.20 Å². The van der Waals surface area contributed by atoms with E-state index < -0.39 is 11.4 Å². The number of hydrogen-bond donors (Lipinski definition) is 1. The SMILES string of the molecule is CC(C)(C)OC(=O)N1CCNC(c2cc(F)cnc2Cl)C1. The maximum Gasteiger partial charge on any atom is 0.410 e. The largest absolute Gasteiger partial charge is 0.444 e. The van der Waals surface area contributed by atoms with Crippen molar-refractivity contribution in [3.63, 3.8) is 0 Å². The molecule has 0 saturated carbocycles. The second-order valence-corrected chi connectivity index (χ2v) is 6.32. The number of aromatic nitrogens is 1. The Bertz CT molecular complexity index is 533. The van der Waals surface area contributed by atoms with Gasteiger partial charge in [-0.05, 0) is 26.8 Å². The monoisotopic (exact) mass is 315 g/mol. The maximum absolute atomic E-state index is 13.3. The second kappa shape index (κ2) is 6.15. The van der Waals surface area contributed by atoms with Crippen LogP contribution < -0.4 is 5.32 Å². The van der Waals surface area contributed by atoms with Crippen LogP contribution in [0.3, 0.4) is 0 Å². The Balaban J connectivity index is 2.10. The molecule has 1 N–H and O–H groups in total. The van der Waals surface area contributed by atoms with Crippen molar-refractivity contribution in [1.82, 2.24) is 15.2 Å². The first-order valence-corrected chi connectivity index (χ1v) is 7.16. The van der Waals surface area contributed by atoms with Crippen LogP contribution in [0.25, 0.3) is 0 Å². The van der Waals surface area contributed by atoms with Gasteiger partial charge in [0.15, 0.2) is 0 Å². The molecule has 21 heavy (non-hydrogen) atoms. The van der Waals surface area contributed by atoms with E-state index in [2.05, 4.69) is 10.3 Å². The average Bonchev–Trinajstić information content (AvgIpc) is 2.40. The predicted molar refractivity (Wildman–Crippen MR) is 77.8 cm³/mol. The number of ether oxygens (including phenoxy) is 1. The minimum Gasteiger partial charge on any atom is -0.444 e. The van der Waals surface area contributed by atoms with Gasteiger partial charge in [-0.25, -0.2) is 14.2 Å². The van der Waals surface area contributed by atoms with Gasteiger partial charge >= 0.3 is 6.09 Å². The summed E-state index contributed by atoms with van der Waals surface area (Å²) in [7, 11) is 0. The Morgan fingerprint density at radius 3 is 2.95 bits per heavy atom. The highest BCUT2D eigenvalue weighted by Crippen LogP contribution is 2.25. The van der Waals surface area contributed by atoms with E-state index in [4.69, 9.17) is 16.3 Å². The first-order valence-electron chi connectivity index (χ1n) is 6.78. The lowest BCUT2D eigenvalue weighted by molar-refractivity contribution is 0.0195. The number of nitrogens with one attached hydrogen (secondary N) is 1. The molecular formula is C14H19ClFN3O2. The third-order valence-electron chi connectivity index (χ3n) is 3.04. The smallest absolute Gasteiger partial charge is 0.410 e. The molecule has 1 amide bonds. The van der Waals surface area contributed by atoms with Crippen LogP contribution in [0.5, 0.6) is 0 Å². The number of pyridine rings is 1. The highest BCUT2D eigenvalue weighted by atomic mass is 35.5. The molecule has 116 valence electrons. The van der Waals surface area contributed by atoms with E-state index in [1.165, 1.54) is 6.07 Å². The van der Waals surface area contributed by atoms with Crippen LogP contribution in [-0.2, 0) is 4.74 Å². The summed E-state index contributed by atoms with van der Waals surface area (Å²) in [5.74, 6) is -0.453. The van der Waals surface area contributed by atoms with Crippen molar-refractivity contribution in [2.24, 2.45) is 0 Å². The van der Waals surface area contributed by atoms with Gasteiger partial charge in [-0.1, -0.05) is 11.6 Å². The Labute approximate surface area is 128 Å². The number of halogens is 2. The first kappa shape index (κ1) is 16.0. The minimum atomic E-state index is -0.546. The molecule has 1 aromatic rings. The Hall–Kier alpha value is -1.40. The second-order valence-electron chi connectivity index (χ2n) is 5.97. The maximum atomic E-state index is 13.3. The molecule has 1 aliphatic heterocycles. The van der Waals surface area contributed by atoms with Crippen LogP contribution >= 0.6 is 11.6 Å². The summed E-state index contributed by atoms with van der Waals surface area (Å²) in [6.07, 6.45) is 0.690. The number of hydrogen-bond acceptors (Lipinski definition) is 4. The van der Waals surface area contributed by atoms with Gasteiger partial charge in [0.1, 0.15) is 16.6 Å². The van der Waals surface area contributed by atoms with E-state index in [-0.39, 0.29) is 17.3 Å². The molecule has 1 saturated heterocycles. The predicted octanol–water partition coefficient (Wildman–Crippen LogP) is 2.76. The normalized spacial score (nSPS) is 19.5. The minimum absolute atomic E-state index is 0.236. The fourth-order valence-electron chi connectivity index (χ4n) is 2.13. The van der Waals surface area contributed by atoms with Crippen LogP contribution in [0, 0.1) is 5.82 Å². The Morgan fingerprint density at radius 1 is 1.57 bits per heavy atom. The number of rotatable bonds is 1. The van der Waals surface area contributed by atoms with Gasteiger partial charge in [0.25, 0.3) is 0 Å². The fraction of sp³-hybridized carbons (Fsp3) is 0.571. The fourth-order valence-corrected chi connectivity index (χ4v) is 2.37. The summed E-state index contributed by atoms with van der Waals surface area (Å²) in [6, 6.07) is 1.08. The summed E-state index contributed by atoms with van der Waals surface area (Å²) in [5.41, 5.74) is 0.000108. The number of piperazine rings is 1. The molecule has 1 aromatic heterocycles. The standard InChI is InChI=1S/C14H19ClFN3O2/c1-14(2,3)21-13(20)19-5-4-17-11(8-19)10-6-9(16)7-18-12(10)15/h6-7,11,17H,4-5,8H2,1-3H3. The van der Waals surface area contributed by atoms with Gasteiger partial charge < -0.3 is 15.0 Å². The molecule has 2 rings (SSSR count). The molecule has 0 radical (unpaired) electrons. The van der Waals surface area contributed by atoms with Crippen LogP contribution in [0.1, 0.15) is 32.4 Å². The molecular weight excluding hydrogens is 297 g/mol. The Kier molecular flexibility index (Phi) is 4.68. The highest BCUT2D eigenvalue weighted by molar-refractivity contribution is 6.30. The van der Waals surface area contributed by atoms with Gasteiger partial charge in [-0.3, -0.25) is 0 Å². The van der Waals surface area contributed by atoms with Gasteiger partial charge in [0.05, 0.1) is 12.2 Å². The highest BCUT2D eigenvalue weighted by Gasteiger charge is 2.29. The topological polar surface area (TPSA) is 54.5 Å². The molecule has 0 bridgehead atoms. The van der Waals surface area contributed by atoms with Crippen LogP contribution in [0.15, 0.2) is 12.3 Å². The number of carbonyl (C=O) groups is 1. The summed E-state index contributed by atoms with van der Waals surface area (Å²) < 4.78 is 18.7. The number of amides is 1. The van der Waals surface area contributed by atoms with Crippen molar-refractivity contribution in [3.8, 4) is 0 Å². The molecule has 0 aliphatic carbocycles. The van der Waals surface area contributed by atoms with E-state index in [1.807, 2.05) is 20.8 Å². The van der Waals surface area contributed by atoms with Crippen LogP contribution in [-0.4, -0.2) is 41.2 Å². The molecule has 7 heteroatoms. The molecule has 1 atom stereocenters. The summed E-state index contributed by atoms with van der Waals surface area (Å²) in [4.78, 5) is 17.5. The van der Waals surface area contributed by atoms with Gasteiger partial charge in [0.2, 0.25) is 0 Å². The molecule has 1 fully saturated rings. The molecule has 1 unspecified atom stereocenters. The third kappa shape index (κ3) is 4.28. The number of nitrogens with zero attached hydrogens (tertiary/aromatic N) is 2. The lowest BCUT2D eigenvalue weighted by atomic mass is 10.1. The summed E-state index contributed by atoms with van der Waals surface area (Å²) >= 11 is 6.01. The zero-order valence-corrected chi connectivity index (χ0v) is 13.1. The van der Waals surface area contributed by atoms with E-state index in [9.17, 15) is 9.18 Å². The van der Waals surface area contributed by atoms with Gasteiger partial charge in [-0.15, -0.1) is 0 Å². The summed E-state index contributed by atoms with van der Waals surface area (Å²) in [6.45, 7) is 6.93. The zero-order valence-electron chi connectivity index (χ0n) is 12.3. The van der Waals surface area contributed by atoms with Gasteiger partial charge in [-0.2, -0.15) is 0 Å². The molecule has 0 spiro atoms. The quantitative estimate of drug-likeness (QED) is 0.810. The molecule has 1 aliphatic rings. The van der Waals surface area contributed by atoms with Crippen LogP contribution in [0.2, 0.25) is 5.15 Å². The Morgan fingerprint density at radius 2 is 2.29 bits per heavy atom. The zero-order chi connectivity index (χ0) is 15.6. The van der Waals surface area contributed by atoms with Crippen LogP contribution in [0.4, 0.5) is 9.18 Å². The van der Waals surface area contributed by atoms with Crippen molar-refractivity contribution >= 4 is 17.7 Å². The van der Waals surface area contributed by atoms with Crippen molar-refractivity contribution in [1.29, 1.82) is 0 Å². The van der Waals surface area contributed by atoms with E-state index in [0.29, 0.717) is 25.2 Å². The number of carbonyl (C=O) groups excluding carboxylic acids is 1. The van der Waals surface area contributed by atoms with E-state index >= 15 is 0 Å². The van der Waals surface area contributed by atoms with Crippen molar-refractivity contribution < 1.29 is 13.9 Å². The lowest BCUT2D eigenvalue weighted by Gasteiger charge is -2.35. The third-order valence-corrected chi connectivity index (χ3v) is 3.35. The molecule has 2 heterocycles. The van der Waals surface area contributed by atoms with Crippen molar-refractivity contribution in [2.75, 3.05) is 19.6 Å². The lowest BCUT2D eigenvalue weighted by Crippen LogP contribution is -2.49. The molecule has 0 aromatic carbocycles. The van der Waals surface area contributed by atoms with Crippen molar-refractivity contribution in [3.05, 3.63) is 28.8 Å². The summed E-state index contributed by atoms with van der Waals surface area (Å²) in [5, 5.41) is 3.45.